The lowest BCUT2D eigenvalue weighted by Crippen LogP contribution is -2.40. The minimum atomic E-state index is -3.63. The van der Waals surface area contributed by atoms with Gasteiger partial charge in [-0.3, -0.25) is 9.59 Å². The topological polar surface area (TPSA) is 116 Å². The van der Waals surface area contributed by atoms with Crippen molar-refractivity contribution in [3.05, 3.63) is 46.8 Å². The van der Waals surface area contributed by atoms with E-state index in [4.69, 9.17) is 14.2 Å². The molecule has 0 atom stereocenters. The summed E-state index contributed by atoms with van der Waals surface area (Å²) < 4.78 is 45.5. The van der Waals surface area contributed by atoms with E-state index in [1.54, 1.807) is 41.0 Å². The molecule has 3 aromatic rings. The van der Waals surface area contributed by atoms with Crippen molar-refractivity contribution in [3.63, 3.8) is 0 Å². The molecule has 1 fully saturated rings. The van der Waals surface area contributed by atoms with Crippen LogP contribution in [0.4, 0.5) is 0 Å². The highest BCUT2D eigenvalue weighted by Gasteiger charge is 2.32. The Morgan fingerprint density at radius 1 is 1.00 bits per heavy atom. The first-order valence-corrected chi connectivity index (χ1v) is 13.9. The Morgan fingerprint density at radius 2 is 1.62 bits per heavy atom. The first-order chi connectivity index (χ1) is 17.7. The van der Waals surface area contributed by atoms with Crippen LogP contribution in [0.2, 0.25) is 0 Å². The Labute approximate surface area is 219 Å². The number of amides is 1. The van der Waals surface area contributed by atoms with E-state index in [1.165, 1.54) is 37.0 Å². The number of esters is 1. The highest BCUT2D eigenvalue weighted by Crippen LogP contribution is 2.35. The maximum atomic E-state index is 13.2. The smallest absolute Gasteiger partial charge is 0.325 e. The van der Waals surface area contributed by atoms with Crippen molar-refractivity contribution in [2.45, 2.75) is 31.2 Å². The van der Waals surface area contributed by atoms with E-state index in [2.05, 4.69) is 4.99 Å². The minimum absolute atomic E-state index is 0.167. The van der Waals surface area contributed by atoms with Crippen LogP contribution >= 0.6 is 11.3 Å². The number of aryl methyl sites for hydroxylation is 1. The summed E-state index contributed by atoms with van der Waals surface area (Å²) in [5.41, 5.74) is 1.55. The summed E-state index contributed by atoms with van der Waals surface area (Å²) in [6.45, 7) is 2.17. The van der Waals surface area contributed by atoms with Crippen molar-refractivity contribution in [1.82, 2.24) is 8.87 Å². The van der Waals surface area contributed by atoms with Gasteiger partial charge in [0, 0.05) is 19.0 Å². The molecule has 1 aromatic heterocycles. The van der Waals surface area contributed by atoms with Crippen LogP contribution in [0.25, 0.3) is 10.2 Å². The Kier molecular flexibility index (Phi) is 8.00. The van der Waals surface area contributed by atoms with Crippen molar-refractivity contribution < 1.29 is 32.2 Å². The largest absolute Gasteiger partial charge is 0.495 e. The number of thiazole rings is 1. The van der Waals surface area contributed by atoms with E-state index in [1.807, 2.05) is 6.92 Å². The van der Waals surface area contributed by atoms with Crippen LogP contribution < -0.4 is 14.3 Å². The Morgan fingerprint density at radius 3 is 2.22 bits per heavy atom. The molecule has 0 aliphatic carbocycles. The molecule has 2 heterocycles. The molecule has 1 amide bonds. The molecule has 10 nitrogen and oxygen atoms in total. The van der Waals surface area contributed by atoms with Crippen molar-refractivity contribution in [3.8, 4) is 11.5 Å². The SMILES string of the molecule is COC(=O)Cn1c(=NC(=O)C2CCN(S(=O)(=O)c3ccc(C)cc3)CC2)sc2c(OC)ccc(OC)c21. The number of benzene rings is 2. The molecule has 4 rings (SSSR count). The Hall–Kier alpha value is -3.22. The minimum Gasteiger partial charge on any atom is -0.495 e. The number of hydrogen-bond acceptors (Lipinski definition) is 8. The number of aromatic nitrogens is 1. The average Bonchev–Trinajstić information content (AvgIpc) is 3.25. The Bertz CT molecular complexity index is 1480. The molecule has 0 N–H and O–H groups in total. The van der Waals surface area contributed by atoms with E-state index in [0.29, 0.717) is 39.4 Å². The van der Waals surface area contributed by atoms with Gasteiger partial charge in [-0.2, -0.15) is 9.30 Å². The third-order valence-electron chi connectivity index (χ3n) is 6.37. The van der Waals surface area contributed by atoms with E-state index < -0.39 is 21.9 Å². The molecule has 0 saturated carbocycles. The second kappa shape index (κ2) is 11.0. The number of sulfonamides is 1. The van der Waals surface area contributed by atoms with Crippen LogP contribution in [0.5, 0.6) is 11.5 Å². The first kappa shape index (κ1) is 26.8. The van der Waals surface area contributed by atoms with E-state index >= 15 is 0 Å². The molecule has 0 spiro atoms. The zero-order valence-corrected chi connectivity index (χ0v) is 22.7. The lowest BCUT2D eigenvalue weighted by atomic mass is 9.98. The van der Waals surface area contributed by atoms with Crippen LogP contribution in [-0.4, -0.2) is 63.6 Å². The number of fused-ring (bicyclic) bond motifs is 1. The van der Waals surface area contributed by atoms with E-state index in [9.17, 15) is 18.0 Å². The van der Waals surface area contributed by atoms with Gasteiger partial charge in [0.15, 0.2) is 4.80 Å². The quantitative estimate of drug-likeness (QED) is 0.418. The number of rotatable bonds is 7. The van der Waals surface area contributed by atoms with Crippen LogP contribution in [0, 0.1) is 12.8 Å². The van der Waals surface area contributed by atoms with E-state index in [0.717, 1.165) is 5.56 Å². The number of ether oxygens (including phenoxy) is 3. The molecule has 1 aliphatic heterocycles. The number of hydrogen-bond donors (Lipinski definition) is 0. The van der Waals surface area contributed by atoms with Crippen molar-refractivity contribution in [2.24, 2.45) is 10.9 Å². The molecule has 0 radical (unpaired) electrons. The second-order valence-electron chi connectivity index (χ2n) is 8.64. The van der Waals surface area contributed by atoms with Crippen LogP contribution in [0.3, 0.4) is 0 Å². The van der Waals surface area contributed by atoms with Gasteiger partial charge in [-0.1, -0.05) is 29.0 Å². The summed E-state index contributed by atoms with van der Waals surface area (Å²) in [5, 5.41) is 0. The number of carbonyl (C=O) groups excluding carboxylic acids is 2. The fourth-order valence-electron chi connectivity index (χ4n) is 4.27. The predicted molar refractivity (Wildman–Crippen MR) is 138 cm³/mol. The highest BCUT2D eigenvalue weighted by atomic mass is 32.2. The third-order valence-corrected chi connectivity index (χ3v) is 9.38. The molecule has 37 heavy (non-hydrogen) atoms. The molecule has 0 unspecified atom stereocenters. The van der Waals surface area contributed by atoms with Gasteiger partial charge < -0.3 is 18.8 Å². The summed E-state index contributed by atoms with van der Waals surface area (Å²) in [7, 11) is 0.704. The maximum absolute atomic E-state index is 13.2. The molecular weight excluding hydrogens is 518 g/mol. The van der Waals surface area contributed by atoms with E-state index in [-0.39, 0.29) is 30.4 Å². The summed E-state index contributed by atoms with van der Waals surface area (Å²) in [4.78, 5) is 30.3. The fourth-order valence-corrected chi connectivity index (χ4v) is 6.88. The zero-order valence-electron chi connectivity index (χ0n) is 21.1. The monoisotopic (exact) mass is 547 g/mol. The van der Waals surface area contributed by atoms with Gasteiger partial charge in [-0.15, -0.1) is 0 Å². The van der Waals surface area contributed by atoms with Crippen LogP contribution in [-0.2, 0) is 30.9 Å². The molecule has 0 bridgehead atoms. The Balaban J connectivity index is 1.62. The van der Waals surface area contributed by atoms with Crippen LogP contribution in [0.15, 0.2) is 46.3 Å². The van der Waals surface area contributed by atoms with Crippen molar-refractivity contribution >= 4 is 43.5 Å². The van der Waals surface area contributed by atoms with Crippen LogP contribution in [0.1, 0.15) is 18.4 Å². The van der Waals surface area contributed by atoms with Gasteiger partial charge in [0.1, 0.15) is 28.3 Å². The standard InChI is InChI=1S/C25H29N3O7S2/c1-16-5-7-18(8-6-16)37(31,32)27-13-11-17(12-14-27)24(30)26-25-28(15-21(29)35-4)22-19(33-2)9-10-20(34-3)23(22)36-25/h5-10,17H,11-15H2,1-4H3. The zero-order chi connectivity index (χ0) is 26.7. The maximum Gasteiger partial charge on any atom is 0.325 e. The summed E-state index contributed by atoms with van der Waals surface area (Å²) >= 11 is 1.21. The molecular formula is C25H29N3O7S2. The summed E-state index contributed by atoms with van der Waals surface area (Å²) in [6.07, 6.45) is 0.698. The van der Waals surface area contributed by atoms with Gasteiger partial charge in [0.05, 0.1) is 26.2 Å². The van der Waals surface area contributed by atoms with Gasteiger partial charge in [-0.25, -0.2) is 8.42 Å². The highest BCUT2D eigenvalue weighted by molar-refractivity contribution is 7.89. The molecule has 198 valence electrons. The number of nitrogens with zero attached hydrogens (tertiary/aromatic N) is 3. The number of piperidine rings is 1. The third kappa shape index (κ3) is 5.41. The molecule has 2 aromatic carbocycles. The normalized spacial score (nSPS) is 15.6. The van der Waals surface area contributed by atoms with Crippen molar-refractivity contribution in [1.29, 1.82) is 0 Å². The number of methoxy groups -OCH3 is 3. The lowest BCUT2D eigenvalue weighted by molar-refractivity contribution is -0.141. The van der Waals surface area contributed by atoms with Gasteiger partial charge in [-0.05, 0) is 44.0 Å². The molecule has 1 saturated heterocycles. The summed E-state index contributed by atoms with van der Waals surface area (Å²) in [5.74, 6) is -0.254. The average molecular weight is 548 g/mol. The summed E-state index contributed by atoms with van der Waals surface area (Å²) in [6, 6.07) is 10.2. The lowest BCUT2D eigenvalue weighted by Gasteiger charge is -2.29. The molecule has 1 aliphatic rings. The van der Waals surface area contributed by atoms with Gasteiger partial charge >= 0.3 is 5.97 Å². The fraction of sp³-hybridized carbons (Fsp3) is 0.400. The number of carbonyl (C=O) groups is 2. The first-order valence-electron chi connectivity index (χ1n) is 11.7. The van der Waals surface area contributed by atoms with Gasteiger partial charge in [0.2, 0.25) is 10.0 Å². The predicted octanol–water partition coefficient (Wildman–Crippen LogP) is 2.73. The second-order valence-corrected chi connectivity index (χ2v) is 11.6. The van der Waals surface area contributed by atoms with Crippen molar-refractivity contribution in [2.75, 3.05) is 34.4 Å². The molecule has 12 heteroatoms. The van der Waals surface area contributed by atoms with Gasteiger partial charge in [0.25, 0.3) is 5.91 Å².